The maximum atomic E-state index is 4.85. The van der Waals surface area contributed by atoms with E-state index >= 15 is 0 Å². The molecule has 1 N–H and O–H groups in total. The first-order chi connectivity index (χ1) is 8.28. The first-order valence-corrected chi connectivity index (χ1v) is 7.65. The van der Waals surface area contributed by atoms with Crippen LogP contribution in [0, 0.1) is 6.92 Å². The number of aryl methyl sites for hydroxylation is 2. The zero-order valence-electron chi connectivity index (χ0n) is 10.1. The van der Waals surface area contributed by atoms with Crippen LogP contribution in [0.25, 0.3) is 9.88 Å². The molecule has 0 aliphatic heterocycles. The van der Waals surface area contributed by atoms with Crippen LogP contribution in [0.5, 0.6) is 0 Å². The molecule has 0 bridgehead atoms. The average molecular weight is 264 g/mol. The van der Waals surface area contributed by atoms with E-state index in [1.165, 1.54) is 44.6 Å². The summed E-state index contributed by atoms with van der Waals surface area (Å²) in [5.41, 5.74) is 1.30. The molecule has 2 nitrogen and oxygen atoms in total. The summed E-state index contributed by atoms with van der Waals surface area (Å²) in [5.74, 6) is 0. The monoisotopic (exact) mass is 264 g/mol. The van der Waals surface area contributed by atoms with E-state index in [1.54, 1.807) is 0 Å². The lowest BCUT2D eigenvalue weighted by Gasteiger charge is -2.19. The first kappa shape index (κ1) is 11.4. The molecule has 0 spiro atoms. The van der Waals surface area contributed by atoms with Gasteiger partial charge in [-0.25, -0.2) is 4.98 Å². The molecule has 3 rings (SSSR count). The van der Waals surface area contributed by atoms with Crippen LogP contribution in [-0.2, 0) is 6.42 Å². The molecule has 90 valence electrons. The number of thiophene rings is 1. The minimum atomic E-state index is 0.463. The van der Waals surface area contributed by atoms with E-state index in [0.29, 0.717) is 6.04 Å². The molecule has 4 heteroatoms. The van der Waals surface area contributed by atoms with Gasteiger partial charge in [0.25, 0.3) is 0 Å². The molecule has 1 aliphatic rings. The molecule has 1 atom stereocenters. The molecule has 2 aromatic rings. The van der Waals surface area contributed by atoms with Crippen molar-refractivity contribution in [3.05, 3.63) is 27.6 Å². The fourth-order valence-electron chi connectivity index (χ4n) is 2.35. The van der Waals surface area contributed by atoms with E-state index in [1.807, 2.05) is 29.7 Å². The topological polar surface area (TPSA) is 24.9 Å². The number of hydrogen-bond donors (Lipinski definition) is 1. The largest absolute Gasteiger partial charge is 0.312 e. The number of thiazole rings is 1. The Balaban J connectivity index is 2.01. The van der Waals surface area contributed by atoms with Crippen molar-refractivity contribution in [3.63, 3.8) is 0 Å². The Bertz CT molecular complexity index is 527. The van der Waals surface area contributed by atoms with Crippen molar-refractivity contribution in [3.8, 4) is 9.88 Å². The van der Waals surface area contributed by atoms with Crippen molar-refractivity contribution in [2.75, 3.05) is 7.05 Å². The van der Waals surface area contributed by atoms with Crippen molar-refractivity contribution < 1.29 is 0 Å². The Labute approximate surface area is 110 Å². The number of aromatic nitrogens is 1. The Kier molecular flexibility index (Phi) is 3.03. The van der Waals surface area contributed by atoms with E-state index in [4.69, 9.17) is 4.98 Å². The maximum absolute atomic E-state index is 4.85. The number of fused-ring (bicyclic) bond motifs is 1. The lowest BCUT2D eigenvalue weighted by molar-refractivity contribution is 0.490. The lowest BCUT2D eigenvalue weighted by Crippen LogP contribution is -2.21. The predicted molar refractivity (Wildman–Crippen MR) is 74.9 cm³/mol. The summed E-state index contributed by atoms with van der Waals surface area (Å²) in [6, 6.07) is 4.83. The van der Waals surface area contributed by atoms with Gasteiger partial charge in [0.1, 0.15) is 5.01 Å². The van der Waals surface area contributed by atoms with Crippen molar-refractivity contribution in [2.24, 2.45) is 0 Å². The molecule has 17 heavy (non-hydrogen) atoms. The molecule has 2 heterocycles. The third kappa shape index (κ3) is 2.05. The van der Waals surface area contributed by atoms with E-state index in [0.717, 1.165) is 0 Å². The predicted octanol–water partition coefficient (Wildman–Crippen LogP) is 3.78. The van der Waals surface area contributed by atoms with Gasteiger partial charge in [-0.3, -0.25) is 0 Å². The van der Waals surface area contributed by atoms with Crippen LogP contribution in [0.2, 0.25) is 0 Å². The Hall–Kier alpha value is -0.710. The molecule has 0 saturated heterocycles. The second-order valence-corrected chi connectivity index (χ2v) is 6.84. The van der Waals surface area contributed by atoms with E-state index < -0.39 is 0 Å². The molecule has 1 aliphatic carbocycles. The smallest absolute Gasteiger partial charge is 0.133 e. The lowest BCUT2D eigenvalue weighted by atomic mass is 9.98. The van der Waals surface area contributed by atoms with Crippen LogP contribution < -0.4 is 5.32 Å². The van der Waals surface area contributed by atoms with Crippen molar-refractivity contribution in [2.45, 2.75) is 32.2 Å². The third-order valence-electron chi connectivity index (χ3n) is 3.25. The number of nitrogens with one attached hydrogen (secondary N) is 1. The van der Waals surface area contributed by atoms with Crippen molar-refractivity contribution in [1.82, 2.24) is 10.3 Å². The van der Waals surface area contributed by atoms with E-state index in [9.17, 15) is 0 Å². The van der Waals surface area contributed by atoms with Crippen molar-refractivity contribution >= 4 is 22.7 Å². The fourth-order valence-corrected chi connectivity index (χ4v) is 4.44. The van der Waals surface area contributed by atoms with Crippen LogP contribution in [-0.4, -0.2) is 12.0 Å². The van der Waals surface area contributed by atoms with Gasteiger partial charge in [-0.15, -0.1) is 22.7 Å². The van der Waals surface area contributed by atoms with Crippen molar-refractivity contribution in [1.29, 1.82) is 0 Å². The quantitative estimate of drug-likeness (QED) is 0.893. The zero-order valence-corrected chi connectivity index (χ0v) is 11.8. The summed E-state index contributed by atoms with van der Waals surface area (Å²) < 4.78 is 0. The average Bonchev–Trinajstić information content (AvgIpc) is 2.93. The van der Waals surface area contributed by atoms with Gasteiger partial charge in [0.15, 0.2) is 0 Å². The van der Waals surface area contributed by atoms with Gasteiger partial charge < -0.3 is 5.32 Å². The molecular weight excluding hydrogens is 248 g/mol. The van der Waals surface area contributed by atoms with Gasteiger partial charge in [0.2, 0.25) is 0 Å². The molecule has 0 amide bonds. The van der Waals surface area contributed by atoms with Gasteiger partial charge >= 0.3 is 0 Å². The molecule has 0 fully saturated rings. The molecule has 0 radical (unpaired) electrons. The van der Waals surface area contributed by atoms with Crippen LogP contribution in [0.3, 0.4) is 0 Å². The minimum Gasteiger partial charge on any atom is -0.312 e. The minimum absolute atomic E-state index is 0.463. The Morgan fingerprint density at radius 2 is 2.24 bits per heavy atom. The van der Waals surface area contributed by atoms with Crippen LogP contribution >= 0.6 is 22.7 Å². The number of hydrogen-bond acceptors (Lipinski definition) is 4. The van der Waals surface area contributed by atoms with Gasteiger partial charge in [-0.05, 0) is 45.4 Å². The summed E-state index contributed by atoms with van der Waals surface area (Å²) in [7, 11) is 2.04. The SMILES string of the molecule is CNC1CCCc2sc(-c3ccc(C)s3)nc21. The van der Waals surface area contributed by atoms with Crippen LogP contribution in [0.4, 0.5) is 0 Å². The summed E-state index contributed by atoms with van der Waals surface area (Å²) >= 11 is 3.72. The first-order valence-electron chi connectivity index (χ1n) is 6.01. The highest BCUT2D eigenvalue weighted by Gasteiger charge is 2.24. The second-order valence-electron chi connectivity index (χ2n) is 4.47. The highest BCUT2D eigenvalue weighted by atomic mass is 32.1. The number of rotatable bonds is 2. The summed E-state index contributed by atoms with van der Waals surface area (Å²) in [5, 5.41) is 4.58. The fraction of sp³-hybridized carbons (Fsp3) is 0.462. The van der Waals surface area contributed by atoms with Crippen LogP contribution in [0.1, 0.15) is 34.3 Å². The highest BCUT2D eigenvalue weighted by molar-refractivity contribution is 7.21. The summed E-state index contributed by atoms with van der Waals surface area (Å²) in [4.78, 5) is 9.01. The Morgan fingerprint density at radius 3 is 2.94 bits per heavy atom. The second kappa shape index (κ2) is 4.52. The highest BCUT2D eigenvalue weighted by Crippen LogP contribution is 2.38. The Morgan fingerprint density at radius 1 is 1.35 bits per heavy atom. The van der Waals surface area contributed by atoms with Crippen LogP contribution in [0.15, 0.2) is 12.1 Å². The molecule has 2 aromatic heterocycles. The zero-order chi connectivity index (χ0) is 11.8. The van der Waals surface area contributed by atoms with E-state index in [-0.39, 0.29) is 0 Å². The van der Waals surface area contributed by atoms with Gasteiger partial charge in [0, 0.05) is 9.75 Å². The summed E-state index contributed by atoms with van der Waals surface area (Å²) in [6.07, 6.45) is 3.70. The maximum Gasteiger partial charge on any atom is 0.133 e. The van der Waals surface area contributed by atoms with E-state index in [2.05, 4.69) is 24.4 Å². The van der Waals surface area contributed by atoms with Gasteiger partial charge in [0.05, 0.1) is 16.6 Å². The third-order valence-corrected chi connectivity index (χ3v) is 5.55. The molecule has 0 saturated carbocycles. The summed E-state index contributed by atoms with van der Waals surface area (Å²) in [6.45, 7) is 2.15. The standard InChI is InChI=1S/C13H16N2S2/c1-8-6-7-11(16-8)13-15-12-9(14-2)4-3-5-10(12)17-13/h6-7,9,14H,3-5H2,1-2H3. The number of nitrogens with zero attached hydrogens (tertiary/aromatic N) is 1. The molecule has 0 aromatic carbocycles. The molecule has 1 unspecified atom stereocenters. The molecular formula is C13H16N2S2. The van der Waals surface area contributed by atoms with Gasteiger partial charge in [-0.1, -0.05) is 0 Å². The normalized spacial score (nSPS) is 19.3. The van der Waals surface area contributed by atoms with Gasteiger partial charge in [-0.2, -0.15) is 0 Å².